The first-order valence-corrected chi connectivity index (χ1v) is 6.58. The third kappa shape index (κ3) is 12.2. The molecule has 0 radical (unpaired) electrons. The highest BCUT2D eigenvalue weighted by Crippen LogP contribution is 1.99. The fourth-order valence-corrected chi connectivity index (χ4v) is 1.22. The summed E-state index contributed by atoms with van der Waals surface area (Å²) >= 11 is 0. The summed E-state index contributed by atoms with van der Waals surface area (Å²) in [6.45, 7) is 7.54. The molecule has 0 aliphatic heterocycles. The summed E-state index contributed by atoms with van der Waals surface area (Å²) in [6.07, 6.45) is 19.2. The lowest BCUT2D eigenvalue weighted by atomic mass is 10.2. The SMILES string of the molecule is C\C(N)=C/C=C/C(C)=C/C=C/C=C(C)/C=C/C=C(\C)O. The van der Waals surface area contributed by atoms with Gasteiger partial charge in [0, 0.05) is 5.70 Å². The van der Waals surface area contributed by atoms with Gasteiger partial charge < -0.3 is 10.8 Å². The number of hydrogen-bond acceptors (Lipinski definition) is 2. The van der Waals surface area contributed by atoms with Crippen LogP contribution in [0, 0.1) is 0 Å². The molecule has 0 aliphatic carbocycles. The summed E-state index contributed by atoms with van der Waals surface area (Å²) < 4.78 is 0. The van der Waals surface area contributed by atoms with Crippen LogP contribution in [0.25, 0.3) is 0 Å². The summed E-state index contributed by atoms with van der Waals surface area (Å²) in [7, 11) is 0. The molecule has 0 aliphatic rings. The first kappa shape index (κ1) is 17.8. The van der Waals surface area contributed by atoms with Gasteiger partial charge >= 0.3 is 0 Å². The Balaban J connectivity index is 4.43. The quantitative estimate of drug-likeness (QED) is 0.534. The van der Waals surface area contributed by atoms with E-state index in [1.54, 1.807) is 13.0 Å². The molecule has 0 aromatic heterocycles. The van der Waals surface area contributed by atoms with Gasteiger partial charge in [-0.3, -0.25) is 0 Å². The first-order valence-electron chi connectivity index (χ1n) is 6.58. The van der Waals surface area contributed by atoms with Crippen molar-refractivity contribution < 1.29 is 5.11 Å². The third-order valence-corrected chi connectivity index (χ3v) is 2.24. The lowest BCUT2D eigenvalue weighted by Crippen LogP contribution is -1.87. The molecule has 3 N–H and O–H groups in total. The second kappa shape index (κ2) is 10.7. The average Bonchev–Trinajstić information content (AvgIpc) is 2.33. The Hall–Kier alpha value is -2.22. The van der Waals surface area contributed by atoms with E-state index in [0.29, 0.717) is 5.76 Å². The number of allylic oxidation sites excluding steroid dienone is 14. The van der Waals surface area contributed by atoms with Crippen LogP contribution in [-0.2, 0) is 0 Å². The Labute approximate surface area is 122 Å². The summed E-state index contributed by atoms with van der Waals surface area (Å²) in [5, 5.41) is 9.00. The van der Waals surface area contributed by atoms with Crippen molar-refractivity contribution in [2.24, 2.45) is 5.73 Å². The van der Waals surface area contributed by atoms with E-state index in [2.05, 4.69) is 0 Å². The van der Waals surface area contributed by atoms with Gasteiger partial charge in [-0.15, -0.1) is 0 Å². The van der Waals surface area contributed by atoms with E-state index in [1.807, 2.05) is 75.5 Å². The summed E-state index contributed by atoms with van der Waals surface area (Å²) in [6, 6.07) is 0. The highest BCUT2D eigenvalue weighted by molar-refractivity contribution is 5.29. The largest absolute Gasteiger partial charge is 0.513 e. The molecule has 0 rings (SSSR count). The lowest BCUT2D eigenvalue weighted by molar-refractivity contribution is 0.414. The first-order chi connectivity index (χ1) is 9.41. The molecular formula is C18H25NO. The number of rotatable bonds is 6. The Kier molecular flexibility index (Phi) is 9.49. The van der Waals surface area contributed by atoms with Gasteiger partial charge in [0.15, 0.2) is 0 Å². The molecule has 0 saturated heterocycles. The van der Waals surface area contributed by atoms with Crippen LogP contribution in [0.2, 0.25) is 0 Å². The standard InChI is InChI=1S/C18H25NO/c1-15(11-7-13-17(3)19)9-5-6-10-16(2)12-8-14-18(4)20/h5-14,20H,19H2,1-4H3/b6-5+,11-7+,12-8+,15-9+,16-10+,17-13+,18-14+. The second-order valence-electron chi connectivity index (χ2n) is 4.64. The fraction of sp³-hybridized carbons (Fsp3) is 0.222. The summed E-state index contributed by atoms with van der Waals surface area (Å²) in [4.78, 5) is 0. The maximum absolute atomic E-state index is 9.00. The molecule has 2 heteroatoms. The van der Waals surface area contributed by atoms with Crippen LogP contribution >= 0.6 is 0 Å². The highest BCUT2D eigenvalue weighted by atomic mass is 16.3. The fourth-order valence-electron chi connectivity index (χ4n) is 1.22. The minimum absolute atomic E-state index is 0.303. The highest BCUT2D eigenvalue weighted by Gasteiger charge is 1.80. The average molecular weight is 271 g/mol. The molecule has 108 valence electrons. The van der Waals surface area contributed by atoms with Crippen molar-refractivity contribution in [2.45, 2.75) is 27.7 Å². The van der Waals surface area contributed by atoms with Crippen LogP contribution in [0.5, 0.6) is 0 Å². The van der Waals surface area contributed by atoms with Crippen molar-refractivity contribution in [3.63, 3.8) is 0 Å². The van der Waals surface area contributed by atoms with E-state index in [0.717, 1.165) is 16.8 Å². The van der Waals surface area contributed by atoms with E-state index in [4.69, 9.17) is 10.8 Å². The van der Waals surface area contributed by atoms with Gasteiger partial charge in [0.05, 0.1) is 5.76 Å². The molecule has 0 atom stereocenters. The molecule has 0 aromatic rings. The van der Waals surface area contributed by atoms with Gasteiger partial charge in [0.1, 0.15) is 0 Å². The second-order valence-corrected chi connectivity index (χ2v) is 4.64. The van der Waals surface area contributed by atoms with Gasteiger partial charge in [0.2, 0.25) is 0 Å². The predicted octanol–water partition coefficient (Wildman–Crippen LogP) is 4.87. The molecular weight excluding hydrogens is 246 g/mol. The molecule has 0 amide bonds. The van der Waals surface area contributed by atoms with Crippen LogP contribution in [-0.4, -0.2) is 5.11 Å². The van der Waals surface area contributed by atoms with Gasteiger partial charge in [-0.2, -0.15) is 0 Å². The van der Waals surface area contributed by atoms with Crippen LogP contribution in [0.1, 0.15) is 27.7 Å². The van der Waals surface area contributed by atoms with Crippen LogP contribution in [0.15, 0.2) is 83.4 Å². The Morgan fingerprint density at radius 1 is 0.700 bits per heavy atom. The summed E-state index contributed by atoms with van der Waals surface area (Å²) in [5.74, 6) is 0.303. The van der Waals surface area contributed by atoms with E-state index in [-0.39, 0.29) is 0 Å². The molecule has 0 unspecified atom stereocenters. The smallest absolute Gasteiger partial charge is 0.0891 e. The topological polar surface area (TPSA) is 46.2 Å². The van der Waals surface area contributed by atoms with Crippen molar-refractivity contribution in [3.8, 4) is 0 Å². The number of nitrogens with two attached hydrogens (primary N) is 1. The van der Waals surface area contributed by atoms with Gasteiger partial charge in [0.25, 0.3) is 0 Å². The van der Waals surface area contributed by atoms with Gasteiger partial charge in [-0.25, -0.2) is 0 Å². The van der Waals surface area contributed by atoms with E-state index in [9.17, 15) is 0 Å². The van der Waals surface area contributed by atoms with Gasteiger partial charge in [-0.05, 0) is 39.8 Å². The van der Waals surface area contributed by atoms with E-state index >= 15 is 0 Å². The monoisotopic (exact) mass is 271 g/mol. The van der Waals surface area contributed by atoms with Crippen molar-refractivity contribution in [3.05, 3.63) is 83.4 Å². The maximum Gasteiger partial charge on any atom is 0.0891 e. The minimum atomic E-state index is 0.303. The summed E-state index contributed by atoms with van der Waals surface area (Å²) in [5.41, 5.74) is 8.59. The number of aliphatic hydroxyl groups excluding tert-OH is 1. The lowest BCUT2D eigenvalue weighted by Gasteiger charge is -1.89. The number of hydrogen-bond donors (Lipinski definition) is 2. The molecule has 20 heavy (non-hydrogen) atoms. The third-order valence-electron chi connectivity index (χ3n) is 2.24. The maximum atomic E-state index is 9.00. The van der Waals surface area contributed by atoms with E-state index in [1.165, 1.54) is 0 Å². The molecule has 0 fully saturated rings. The van der Waals surface area contributed by atoms with Crippen molar-refractivity contribution in [1.82, 2.24) is 0 Å². The van der Waals surface area contributed by atoms with Crippen molar-refractivity contribution in [1.29, 1.82) is 0 Å². The minimum Gasteiger partial charge on any atom is -0.513 e. The molecule has 0 bridgehead atoms. The Morgan fingerprint density at radius 3 is 1.55 bits per heavy atom. The van der Waals surface area contributed by atoms with Crippen LogP contribution < -0.4 is 5.73 Å². The van der Waals surface area contributed by atoms with Crippen LogP contribution in [0.3, 0.4) is 0 Å². The number of aliphatic hydroxyl groups is 1. The van der Waals surface area contributed by atoms with Crippen molar-refractivity contribution in [2.75, 3.05) is 0 Å². The van der Waals surface area contributed by atoms with Crippen molar-refractivity contribution >= 4 is 0 Å². The van der Waals surface area contributed by atoms with Gasteiger partial charge in [-0.1, -0.05) is 59.8 Å². The molecule has 0 saturated carbocycles. The van der Waals surface area contributed by atoms with E-state index < -0.39 is 0 Å². The predicted molar refractivity (Wildman–Crippen MR) is 89.3 cm³/mol. The Bertz CT molecular complexity index is 444. The molecule has 2 nitrogen and oxygen atoms in total. The van der Waals surface area contributed by atoms with Crippen LogP contribution in [0.4, 0.5) is 0 Å². The zero-order chi connectivity index (χ0) is 15.4. The normalized spacial score (nSPS) is 16.0. The Morgan fingerprint density at radius 2 is 1.15 bits per heavy atom. The molecule has 0 spiro atoms. The zero-order valence-corrected chi connectivity index (χ0v) is 12.8. The zero-order valence-electron chi connectivity index (χ0n) is 12.8. The molecule has 0 heterocycles. The molecule has 0 aromatic carbocycles.